The maximum Gasteiger partial charge on any atom is 0.274 e. The van der Waals surface area contributed by atoms with Crippen molar-refractivity contribution in [3.63, 3.8) is 0 Å². The fourth-order valence-electron chi connectivity index (χ4n) is 1.62. The fourth-order valence-corrected chi connectivity index (χ4v) is 1.62. The first-order valence-electron chi connectivity index (χ1n) is 6.26. The summed E-state index contributed by atoms with van der Waals surface area (Å²) in [5, 5.41) is 5.84. The minimum absolute atomic E-state index is 0.128. The van der Waals surface area contributed by atoms with E-state index in [0.717, 1.165) is 0 Å². The smallest absolute Gasteiger partial charge is 0.274 e. The summed E-state index contributed by atoms with van der Waals surface area (Å²) >= 11 is 0. The summed E-state index contributed by atoms with van der Waals surface area (Å²) in [6, 6.07) is 8.62. The quantitative estimate of drug-likeness (QED) is 0.893. The molecule has 2 rings (SSSR count). The molecule has 1 amide bonds. The zero-order valence-electron chi connectivity index (χ0n) is 11.4. The predicted molar refractivity (Wildman–Crippen MR) is 73.7 cm³/mol. The van der Waals surface area contributed by atoms with Gasteiger partial charge in [-0.3, -0.25) is 9.59 Å². The third-order valence-electron chi connectivity index (χ3n) is 2.77. The maximum absolute atomic E-state index is 13.3. The van der Waals surface area contributed by atoms with E-state index in [1.165, 1.54) is 29.2 Å². The first kappa shape index (κ1) is 14.7. The number of para-hydroxylation sites is 1. The summed E-state index contributed by atoms with van der Waals surface area (Å²) in [6.45, 7) is 0.403. The molecule has 0 saturated heterocycles. The monoisotopic (exact) mass is 291 g/mol. The van der Waals surface area contributed by atoms with E-state index in [2.05, 4.69) is 10.2 Å². The molecule has 0 radical (unpaired) electrons. The van der Waals surface area contributed by atoms with Crippen LogP contribution in [0, 0.1) is 5.82 Å². The molecule has 0 bridgehead atoms. The summed E-state index contributed by atoms with van der Waals surface area (Å²) in [4.78, 5) is 24.2. The summed E-state index contributed by atoms with van der Waals surface area (Å²) in [6.07, 6.45) is 0. The minimum atomic E-state index is -0.450. The number of rotatable bonds is 5. The molecule has 1 aromatic carbocycles. The van der Waals surface area contributed by atoms with Gasteiger partial charge < -0.3 is 9.64 Å². The molecule has 0 fully saturated rings. The highest BCUT2D eigenvalue weighted by Crippen LogP contribution is 2.15. The van der Waals surface area contributed by atoms with Gasteiger partial charge in [-0.15, -0.1) is 0 Å². The lowest BCUT2D eigenvalue weighted by atomic mass is 10.3. The Morgan fingerprint density at radius 1 is 1.33 bits per heavy atom. The lowest BCUT2D eigenvalue weighted by Gasteiger charge is -2.16. The standard InChI is InChI=1S/C14H14FN3O3/c1-18(14(20)11-6-7-13(19)17-16-11)8-9-21-12-5-3-2-4-10(12)15/h2-7H,8-9H2,1H3,(H,17,19). The zero-order valence-corrected chi connectivity index (χ0v) is 11.4. The Morgan fingerprint density at radius 3 is 2.76 bits per heavy atom. The largest absolute Gasteiger partial charge is 0.489 e. The van der Waals surface area contributed by atoms with E-state index in [9.17, 15) is 14.0 Å². The van der Waals surface area contributed by atoms with Crippen LogP contribution < -0.4 is 10.3 Å². The average molecular weight is 291 g/mol. The van der Waals surface area contributed by atoms with Crippen molar-refractivity contribution in [2.24, 2.45) is 0 Å². The molecule has 0 unspecified atom stereocenters. The molecule has 1 N–H and O–H groups in total. The second-order valence-electron chi connectivity index (χ2n) is 4.31. The normalized spacial score (nSPS) is 10.2. The van der Waals surface area contributed by atoms with Gasteiger partial charge in [0.2, 0.25) is 0 Å². The number of nitrogens with zero attached hydrogens (tertiary/aromatic N) is 2. The highest BCUT2D eigenvalue weighted by atomic mass is 19.1. The van der Waals surface area contributed by atoms with Crippen LogP contribution in [0.4, 0.5) is 4.39 Å². The van der Waals surface area contributed by atoms with Crippen molar-refractivity contribution in [3.8, 4) is 5.75 Å². The summed E-state index contributed by atoms with van der Waals surface area (Å²) in [5.41, 5.74) is -0.250. The van der Waals surface area contributed by atoms with E-state index in [1.54, 1.807) is 19.2 Å². The molecule has 0 atom stereocenters. The number of hydrogen-bond donors (Lipinski definition) is 1. The lowest BCUT2D eigenvalue weighted by molar-refractivity contribution is 0.0766. The first-order chi connectivity index (χ1) is 10.1. The first-order valence-corrected chi connectivity index (χ1v) is 6.26. The molecule has 110 valence electrons. The molecule has 0 saturated carbocycles. The molecular formula is C14H14FN3O3. The van der Waals surface area contributed by atoms with Crippen LogP contribution in [0.2, 0.25) is 0 Å². The maximum atomic E-state index is 13.3. The van der Waals surface area contributed by atoms with Crippen molar-refractivity contribution in [2.45, 2.75) is 0 Å². The molecular weight excluding hydrogens is 277 g/mol. The minimum Gasteiger partial charge on any atom is -0.489 e. The Labute approximate surface area is 120 Å². The number of nitrogens with one attached hydrogen (secondary N) is 1. The van der Waals surface area contributed by atoms with Crippen molar-refractivity contribution in [1.29, 1.82) is 0 Å². The number of carbonyl (C=O) groups excluding carboxylic acids is 1. The van der Waals surface area contributed by atoms with Crippen LogP contribution in [-0.2, 0) is 0 Å². The second kappa shape index (κ2) is 6.65. The van der Waals surface area contributed by atoms with Crippen molar-refractivity contribution >= 4 is 5.91 Å². The number of aromatic nitrogens is 2. The van der Waals surface area contributed by atoms with Crippen molar-refractivity contribution in [2.75, 3.05) is 20.2 Å². The highest BCUT2D eigenvalue weighted by molar-refractivity contribution is 5.91. The van der Waals surface area contributed by atoms with Gasteiger partial charge in [-0.1, -0.05) is 12.1 Å². The van der Waals surface area contributed by atoms with Crippen LogP contribution in [0.1, 0.15) is 10.5 Å². The number of halogens is 1. The van der Waals surface area contributed by atoms with E-state index in [4.69, 9.17) is 4.74 Å². The Hall–Kier alpha value is -2.70. The second-order valence-corrected chi connectivity index (χ2v) is 4.31. The third kappa shape index (κ3) is 3.88. The molecule has 0 aliphatic rings. The number of H-pyrrole nitrogens is 1. The number of aromatic amines is 1. The Morgan fingerprint density at radius 2 is 2.10 bits per heavy atom. The third-order valence-corrected chi connectivity index (χ3v) is 2.77. The molecule has 7 heteroatoms. The van der Waals surface area contributed by atoms with E-state index in [-0.39, 0.29) is 36.1 Å². The number of ether oxygens (including phenoxy) is 1. The number of likely N-dealkylation sites (N-methyl/N-ethyl adjacent to an activating group) is 1. The van der Waals surface area contributed by atoms with Crippen LogP contribution in [0.15, 0.2) is 41.2 Å². The van der Waals surface area contributed by atoms with E-state index in [1.807, 2.05) is 0 Å². The summed E-state index contributed by atoms with van der Waals surface area (Å²) in [7, 11) is 1.57. The van der Waals surface area contributed by atoms with Gasteiger partial charge in [-0.25, -0.2) is 9.49 Å². The molecule has 6 nitrogen and oxygen atoms in total. The number of amides is 1. The summed E-state index contributed by atoms with van der Waals surface area (Å²) < 4.78 is 18.6. The predicted octanol–water partition coefficient (Wildman–Crippen LogP) is 1.06. The lowest BCUT2D eigenvalue weighted by Crippen LogP contribution is -2.32. The van der Waals surface area contributed by atoms with Crippen LogP contribution in [0.5, 0.6) is 5.75 Å². The fraction of sp³-hybridized carbons (Fsp3) is 0.214. The van der Waals surface area contributed by atoms with Gasteiger partial charge in [0, 0.05) is 13.1 Å². The van der Waals surface area contributed by atoms with Crippen LogP contribution in [-0.4, -0.2) is 41.2 Å². The van der Waals surface area contributed by atoms with Gasteiger partial charge >= 0.3 is 0 Å². The molecule has 1 aromatic heterocycles. The van der Waals surface area contributed by atoms with Gasteiger partial charge in [0.05, 0.1) is 6.54 Å². The summed E-state index contributed by atoms with van der Waals surface area (Å²) in [5.74, 6) is -0.669. The van der Waals surface area contributed by atoms with E-state index in [0.29, 0.717) is 0 Å². The molecule has 0 aliphatic carbocycles. The van der Waals surface area contributed by atoms with Gasteiger partial charge in [0.1, 0.15) is 12.3 Å². The molecule has 1 heterocycles. The van der Waals surface area contributed by atoms with Crippen molar-refractivity contribution in [1.82, 2.24) is 15.1 Å². The SMILES string of the molecule is CN(CCOc1ccccc1F)C(=O)c1ccc(=O)[nH]n1. The van der Waals surface area contributed by atoms with Gasteiger partial charge in [-0.05, 0) is 18.2 Å². The Balaban J connectivity index is 1.88. The van der Waals surface area contributed by atoms with Crippen LogP contribution in [0.3, 0.4) is 0 Å². The average Bonchev–Trinajstić information content (AvgIpc) is 2.49. The highest BCUT2D eigenvalue weighted by Gasteiger charge is 2.13. The number of hydrogen-bond acceptors (Lipinski definition) is 4. The van der Waals surface area contributed by atoms with Gasteiger partial charge in [0.15, 0.2) is 11.6 Å². The van der Waals surface area contributed by atoms with Crippen molar-refractivity contribution < 1.29 is 13.9 Å². The Kier molecular flexibility index (Phi) is 4.65. The Bertz CT molecular complexity index is 667. The van der Waals surface area contributed by atoms with Gasteiger partial charge in [0.25, 0.3) is 11.5 Å². The zero-order chi connectivity index (χ0) is 15.2. The molecule has 0 spiro atoms. The topological polar surface area (TPSA) is 75.3 Å². The van der Waals surface area contributed by atoms with Crippen molar-refractivity contribution in [3.05, 3.63) is 58.3 Å². The molecule has 2 aromatic rings. The molecule has 0 aliphatic heterocycles. The number of benzene rings is 1. The van der Waals surface area contributed by atoms with E-state index >= 15 is 0 Å². The van der Waals surface area contributed by atoms with Gasteiger partial charge in [-0.2, -0.15) is 5.10 Å². The van der Waals surface area contributed by atoms with Crippen LogP contribution in [0.25, 0.3) is 0 Å². The van der Waals surface area contributed by atoms with E-state index < -0.39 is 5.82 Å². The van der Waals surface area contributed by atoms with Crippen LogP contribution >= 0.6 is 0 Å². The molecule has 21 heavy (non-hydrogen) atoms. The number of carbonyl (C=O) groups is 1.